The van der Waals surface area contributed by atoms with Gasteiger partial charge in [0.15, 0.2) is 5.96 Å². The lowest BCUT2D eigenvalue weighted by atomic mass is 10.1. The molecule has 0 saturated carbocycles. The summed E-state index contributed by atoms with van der Waals surface area (Å²) in [5.41, 5.74) is 3.65. The molecule has 0 saturated heterocycles. The van der Waals surface area contributed by atoms with Crippen LogP contribution in [0.5, 0.6) is 0 Å². The lowest BCUT2D eigenvalue weighted by Gasteiger charge is -2.17. The minimum atomic E-state index is -2.94. The molecule has 0 spiro atoms. The summed E-state index contributed by atoms with van der Waals surface area (Å²) in [5.74, 6) is 0.902. The zero-order chi connectivity index (χ0) is 19.2. The van der Waals surface area contributed by atoms with E-state index in [1.807, 2.05) is 13.8 Å². The third kappa shape index (κ3) is 6.37. The van der Waals surface area contributed by atoms with E-state index in [0.717, 1.165) is 24.4 Å². The maximum absolute atomic E-state index is 11.3. The lowest BCUT2D eigenvalue weighted by molar-refractivity contribution is 0.581. The molecule has 1 aromatic heterocycles. The Kier molecular flexibility index (Phi) is 7.08. The van der Waals surface area contributed by atoms with Crippen molar-refractivity contribution in [2.75, 3.05) is 25.1 Å². The Labute approximate surface area is 156 Å². The molecule has 6 nitrogen and oxygen atoms in total. The van der Waals surface area contributed by atoms with Crippen molar-refractivity contribution in [3.63, 3.8) is 0 Å². The van der Waals surface area contributed by atoms with Crippen molar-refractivity contribution in [1.29, 1.82) is 0 Å². The van der Waals surface area contributed by atoms with Crippen LogP contribution in [0.15, 0.2) is 29.4 Å². The number of benzene rings is 1. The summed E-state index contributed by atoms with van der Waals surface area (Å²) in [5, 5.41) is 7.74. The zero-order valence-electron chi connectivity index (χ0n) is 16.1. The molecule has 0 fully saturated rings. The van der Waals surface area contributed by atoms with Crippen molar-refractivity contribution in [2.24, 2.45) is 4.99 Å². The first kappa shape index (κ1) is 20.3. The average Bonchev–Trinajstić information content (AvgIpc) is 2.94. The predicted octanol–water partition coefficient (Wildman–Crippen LogP) is 2.40. The topological polar surface area (TPSA) is 86.3 Å². The quantitative estimate of drug-likeness (QED) is 0.486. The highest BCUT2D eigenvalue weighted by Crippen LogP contribution is 2.19. The van der Waals surface area contributed by atoms with Crippen molar-refractivity contribution in [3.8, 4) is 0 Å². The fourth-order valence-electron chi connectivity index (χ4n) is 2.81. The van der Waals surface area contributed by atoms with Gasteiger partial charge in [-0.1, -0.05) is 12.1 Å². The summed E-state index contributed by atoms with van der Waals surface area (Å²) in [7, 11) is -2.94. The molecule has 1 atom stereocenters. The number of aromatic nitrogens is 1. The normalized spacial score (nSPS) is 13.8. The first-order chi connectivity index (χ1) is 12.3. The largest absolute Gasteiger partial charge is 0.361 e. The molecule has 7 heteroatoms. The Balaban J connectivity index is 1.95. The van der Waals surface area contributed by atoms with Gasteiger partial charge in [-0.2, -0.15) is 0 Å². The van der Waals surface area contributed by atoms with E-state index < -0.39 is 9.84 Å². The molecule has 2 rings (SSSR count). The first-order valence-corrected chi connectivity index (χ1v) is 11.1. The Morgan fingerprint density at radius 2 is 2.12 bits per heavy atom. The van der Waals surface area contributed by atoms with Gasteiger partial charge in [-0.15, -0.1) is 0 Å². The first-order valence-electron chi connectivity index (χ1n) is 9.07. The van der Waals surface area contributed by atoms with Gasteiger partial charge in [0.1, 0.15) is 9.84 Å². The Morgan fingerprint density at radius 3 is 2.81 bits per heavy atom. The average molecular weight is 379 g/mol. The minimum Gasteiger partial charge on any atom is -0.361 e. The number of fused-ring (bicyclic) bond motifs is 1. The molecule has 1 heterocycles. The number of H-pyrrole nitrogens is 1. The third-order valence-corrected chi connectivity index (χ3v) is 5.20. The number of nitrogens with one attached hydrogen (secondary N) is 3. The van der Waals surface area contributed by atoms with Crippen LogP contribution in [0, 0.1) is 6.92 Å². The molecule has 26 heavy (non-hydrogen) atoms. The molecule has 0 amide bonds. The van der Waals surface area contributed by atoms with Gasteiger partial charge in [0.2, 0.25) is 0 Å². The molecular formula is C19H30N4O2S. The van der Waals surface area contributed by atoms with Crippen LogP contribution < -0.4 is 10.6 Å². The molecule has 2 aromatic rings. The van der Waals surface area contributed by atoms with Crippen molar-refractivity contribution in [3.05, 3.63) is 35.5 Å². The lowest BCUT2D eigenvalue weighted by Crippen LogP contribution is -2.43. The number of hydrogen-bond acceptors (Lipinski definition) is 3. The van der Waals surface area contributed by atoms with Gasteiger partial charge >= 0.3 is 0 Å². The second-order valence-corrected chi connectivity index (χ2v) is 9.10. The summed E-state index contributed by atoms with van der Waals surface area (Å²) in [6.07, 6.45) is 4.72. The second-order valence-electron chi connectivity index (χ2n) is 6.84. The maximum atomic E-state index is 11.3. The molecule has 144 valence electrons. The van der Waals surface area contributed by atoms with E-state index in [-0.39, 0.29) is 11.8 Å². The van der Waals surface area contributed by atoms with Crippen LogP contribution >= 0.6 is 0 Å². The van der Waals surface area contributed by atoms with Gasteiger partial charge in [-0.25, -0.2) is 8.42 Å². The number of guanidine groups is 1. The SMILES string of the molecule is CCNC(=NCCc1c[nH]c2cc(C)ccc12)NC(C)CCS(C)(=O)=O. The molecule has 0 aliphatic heterocycles. The van der Waals surface area contributed by atoms with Gasteiger partial charge in [0.25, 0.3) is 0 Å². The predicted molar refractivity (Wildman–Crippen MR) is 110 cm³/mol. The highest BCUT2D eigenvalue weighted by molar-refractivity contribution is 7.90. The van der Waals surface area contributed by atoms with E-state index in [4.69, 9.17) is 0 Å². The molecule has 0 radical (unpaired) electrons. The van der Waals surface area contributed by atoms with Crippen LogP contribution in [-0.2, 0) is 16.3 Å². The molecule has 0 bridgehead atoms. The number of hydrogen-bond donors (Lipinski definition) is 3. The minimum absolute atomic E-state index is 0.0404. The van der Waals surface area contributed by atoms with Crippen LogP contribution in [0.4, 0.5) is 0 Å². The van der Waals surface area contributed by atoms with Crippen molar-refractivity contribution >= 4 is 26.7 Å². The van der Waals surface area contributed by atoms with E-state index in [0.29, 0.717) is 13.0 Å². The van der Waals surface area contributed by atoms with Crippen LogP contribution in [-0.4, -0.2) is 50.5 Å². The van der Waals surface area contributed by atoms with E-state index >= 15 is 0 Å². The number of nitrogens with zero attached hydrogens (tertiary/aromatic N) is 1. The molecule has 3 N–H and O–H groups in total. The smallest absolute Gasteiger partial charge is 0.191 e. The highest BCUT2D eigenvalue weighted by Gasteiger charge is 2.09. The fraction of sp³-hybridized carbons (Fsp3) is 0.526. The summed E-state index contributed by atoms with van der Waals surface area (Å²) >= 11 is 0. The fourth-order valence-corrected chi connectivity index (χ4v) is 3.59. The summed E-state index contributed by atoms with van der Waals surface area (Å²) in [6, 6.07) is 6.46. The van der Waals surface area contributed by atoms with E-state index in [9.17, 15) is 8.42 Å². The van der Waals surface area contributed by atoms with E-state index in [1.54, 1.807) is 0 Å². The number of sulfone groups is 1. The van der Waals surface area contributed by atoms with Crippen LogP contribution in [0.1, 0.15) is 31.4 Å². The van der Waals surface area contributed by atoms with Crippen molar-refractivity contribution in [1.82, 2.24) is 15.6 Å². The Morgan fingerprint density at radius 1 is 1.35 bits per heavy atom. The molecule has 1 unspecified atom stereocenters. The summed E-state index contributed by atoms with van der Waals surface area (Å²) in [4.78, 5) is 7.95. The molecular weight excluding hydrogens is 348 g/mol. The zero-order valence-corrected chi connectivity index (χ0v) is 16.9. The van der Waals surface area contributed by atoms with E-state index in [2.05, 4.69) is 51.9 Å². The highest BCUT2D eigenvalue weighted by atomic mass is 32.2. The van der Waals surface area contributed by atoms with Gasteiger partial charge in [-0.05, 0) is 50.8 Å². The Hall–Kier alpha value is -2.02. The molecule has 0 aliphatic rings. The van der Waals surface area contributed by atoms with Crippen molar-refractivity contribution in [2.45, 2.75) is 39.7 Å². The number of aliphatic imine (C=N–C) groups is 1. The van der Waals surface area contributed by atoms with Crippen LogP contribution in [0.25, 0.3) is 10.9 Å². The van der Waals surface area contributed by atoms with Gasteiger partial charge < -0.3 is 15.6 Å². The summed E-state index contributed by atoms with van der Waals surface area (Å²) < 4.78 is 22.6. The number of rotatable bonds is 8. The molecule has 0 aliphatic carbocycles. The molecule has 1 aromatic carbocycles. The van der Waals surface area contributed by atoms with E-state index in [1.165, 1.54) is 22.8 Å². The standard InChI is InChI=1S/C19H30N4O2S/c1-5-20-19(23-15(3)9-11-26(4,24)25)21-10-8-16-13-22-18-12-14(2)6-7-17(16)18/h6-7,12-13,15,22H,5,8-11H2,1-4H3,(H2,20,21,23). The van der Waals surface area contributed by atoms with Crippen LogP contribution in [0.3, 0.4) is 0 Å². The summed E-state index contributed by atoms with van der Waals surface area (Å²) in [6.45, 7) is 7.50. The van der Waals surface area contributed by atoms with Gasteiger partial charge in [0.05, 0.1) is 5.75 Å². The third-order valence-electron chi connectivity index (χ3n) is 4.22. The monoisotopic (exact) mass is 378 g/mol. The van der Waals surface area contributed by atoms with Gasteiger partial charge in [0, 0.05) is 42.5 Å². The number of aromatic amines is 1. The maximum Gasteiger partial charge on any atom is 0.191 e. The van der Waals surface area contributed by atoms with Crippen molar-refractivity contribution < 1.29 is 8.42 Å². The van der Waals surface area contributed by atoms with Gasteiger partial charge in [-0.3, -0.25) is 4.99 Å². The second kappa shape index (κ2) is 9.07. The number of aryl methyl sites for hydroxylation is 1. The Bertz CT molecular complexity index is 856. The van der Waals surface area contributed by atoms with Crippen LogP contribution in [0.2, 0.25) is 0 Å².